The van der Waals surface area contributed by atoms with Crippen LogP contribution in [0, 0.1) is 13.8 Å². The summed E-state index contributed by atoms with van der Waals surface area (Å²) in [6, 6.07) is 4.10. The van der Waals surface area contributed by atoms with Crippen LogP contribution in [0.2, 0.25) is 0 Å². The van der Waals surface area contributed by atoms with Crippen molar-refractivity contribution in [3.05, 3.63) is 29.1 Å². The molecule has 0 amide bonds. The highest BCUT2D eigenvalue weighted by molar-refractivity contribution is 5.77. The largest absolute Gasteiger partial charge is 0.479 e. The topological polar surface area (TPSA) is 75.2 Å². The lowest BCUT2D eigenvalue weighted by molar-refractivity contribution is -0.149. The molecule has 1 aliphatic heterocycles. The summed E-state index contributed by atoms with van der Waals surface area (Å²) in [5.41, 5.74) is 4.28. The highest BCUT2D eigenvalue weighted by Gasteiger charge is 2.33. The average molecular weight is 260 g/mol. The molecule has 5 heteroatoms. The first-order chi connectivity index (χ1) is 9.04. The molecule has 3 rings (SSSR count). The first-order valence-electron chi connectivity index (χ1n) is 6.39. The summed E-state index contributed by atoms with van der Waals surface area (Å²) in [6.45, 7) is 4.11. The van der Waals surface area contributed by atoms with E-state index in [2.05, 4.69) is 29.9 Å². The van der Waals surface area contributed by atoms with Gasteiger partial charge in [0, 0.05) is 0 Å². The lowest BCUT2D eigenvalue weighted by atomic mass is 10.1. The Hall–Kier alpha value is -1.88. The zero-order valence-electron chi connectivity index (χ0n) is 10.9. The molecule has 2 unspecified atom stereocenters. The number of nitrogens with zero attached hydrogens (tertiary/aromatic N) is 1. The predicted molar refractivity (Wildman–Crippen MR) is 70.1 cm³/mol. The predicted octanol–water partition coefficient (Wildman–Crippen LogP) is 2.48. The van der Waals surface area contributed by atoms with Crippen LogP contribution < -0.4 is 0 Å². The van der Waals surface area contributed by atoms with Gasteiger partial charge < -0.3 is 14.8 Å². The minimum Gasteiger partial charge on any atom is -0.479 e. The molecular weight excluding hydrogens is 244 g/mol. The van der Waals surface area contributed by atoms with Gasteiger partial charge in [-0.25, -0.2) is 9.78 Å². The number of rotatable bonds is 2. The molecule has 5 nitrogen and oxygen atoms in total. The molecule has 1 saturated heterocycles. The Kier molecular flexibility index (Phi) is 2.78. The number of aromatic nitrogens is 2. The molecule has 0 aliphatic carbocycles. The van der Waals surface area contributed by atoms with Crippen LogP contribution in [0.3, 0.4) is 0 Å². The fourth-order valence-corrected chi connectivity index (χ4v) is 2.46. The molecule has 0 spiro atoms. The molecule has 1 aromatic heterocycles. The average Bonchev–Trinajstić information content (AvgIpc) is 2.95. The van der Waals surface area contributed by atoms with Gasteiger partial charge in [-0.1, -0.05) is 0 Å². The number of benzene rings is 1. The Labute approximate surface area is 110 Å². The van der Waals surface area contributed by atoms with Crippen molar-refractivity contribution in [3.63, 3.8) is 0 Å². The van der Waals surface area contributed by atoms with Crippen LogP contribution >= 0.6 is 0 Å². The smallest absolute Gasteiger partial charge is 0.332 e. The zero-order chi connectivity index (χ0) is 13.6. The van der Waals surface area contributed by atoms with Crippen molar-refractivity contribution in [1.82, 2.24) is 9.97 Å². The highest BCUT2D eigenvalue weighted by Crippen LogP contribution is 2.32. The van der Waals surface area contributed by atoms with Crippen LogP contribution in [0.5, 0.6) is 0 Å². The third-order valence-electron chi connectivity index (χ3n) is 3.72. The van der Waals surface area contributed by atoms with Crippen molar-refractivity contribution in [1.29, 1.82) is 0 Å². The molecule has 2 heterocycles. The second kappa shape index (κ2) is 4.35. The molecule has 0 saturated carbocycles. The number of H-pyrrole nitrogens is 1. The van der Waals surface area contributed by atoms with Crippen LogP contribution in [0.4, 0.5) is 0 Å². The number of hydrogen-bond acceptors (Lipinski definition) is 3. The fourth-order valence-electron chi connectivity index (χ4n) is 2.46. The molecule has 0 radical (unpaired) electrons. The standard InChI is InChI=1S/C14H16N2O3/c1-7-5-9-10(6-8(7)2)16-13(15-9)11-3-4-12(19-11)14(17)18/h5-6,11-12H,3-4H2,1-2H3,(H,15,16)(H,17,18). The fraction of sp³-hybridized carbons (Fsp3) is 0.429. The SMILES string of the molecule is Cc1cc2nc(C3CCC(C(=O)O)O3)[nH]c2cc1C. The summed E-state index contributed by atoms with van der Waals surface area (Å²) in [5, 5.41) is 8.93. The van der Waals surface area contributed by atoms with Gasteiger partial charge >= 0.3 is 5.97 Å². The van der Waals surface area contributed by atoms with Crippen LogP contribution in [-0.2, 0) is 9.53 Å². The van der Waals surface area contributed by atoms with Gasteiger partial charge in [0.1, 0.15) is 11.9 Å². The Bertz CT molecular complexity index is 608. The number of carbonyl (C=O) groups is 1. The third-order valence-corrected chi connectivity index (χ3v) is 3.72. The van der Waals surface area contributed by atoms with Gasteiger partial charge in [0.05, 0.1) is 11.0 Å². The Morgan fingerprint density at radius 2 is 2.11 bits per heavy atom. The molecule has 2 atom stereocenters. The van der Waals surface area contributed by atoms with Gasteiger partial charge in [-0.3, -0.25) is 0 Å². The minimum absolute atomic E-state index is 0.242. The van der Waals surface area contributed by atoms with Gasteiger partial charge in [-0.2, -0.15) is 0 Å². The van der Waals surface area contributed by atoms with Crippen molar-refractivity contribution in [3.8, 4) is 0 Å². The number of nitrogens with one attached hydrogen (secondary N) is 1. The number of imidazole rings is 1. The molecule has 1 aromatic carbocycles. The summed E-state index contributed by atoms with van der Waals surface area (Å²) in [6.07, 6.45) is 0.278. The summed E-state index contributed by atoms with van der Waals surface area (Å²) in [7, 11) is 0. The number of aryl methyl sites for hydroxylation is 2. The molecule has 0 bridgehead atoms. The van der Waals surface area contributed by atoms with E-state index in [0.29, 0.717) is 12.8 Å². The van der Waals surface area contributed by atoms with Gasteiger partial charge in [-0.05, 0) is 49.9 Å². The summed E-state index contributed by atoms with van der Waals surface area (Å²) < 4.78 is 5.51. The van der Waals surface area contributed by atoms with E-state index in [0.717, 1.165) is 16.9 Å². The van der Waals surface area contributed by atoms with E-state index in [-0.39, 0.29) is 6.10 Å². The van der Waals surface area contributed by atoms with E-state index in [4.69, 9.17) is 9.84 Å². The maximum absolute atomic E-state index is 10.9. The molecule has 19 heavy (non-hydrogen) atoms. The van der Waals surface area contributed by atoms with Crippen LogP contribution in [0.25, 0.3) is 11.0 Å². The van der Waals surface area contributed by atoms with Gasteiger partial charge in [0.2, 0.25) is 0 Å². The highest BCUT2D eigenvalue weighted by atomic mass is 16.5. The third kappa shape index (κ3) is 2.10. The van der Waals surface area contributed by atoms with Crippen molar-refractivity contribution in [2.24, 2.45) is 0 Å². The van der Waals surface area contributed by atoms with E-state index in [1.165, 1.54) is 11.1 Å². The Balaban J connectivity index is 1.92. The van der Waals surface area contributed by atoms with Crippen molar-refractivity contribution in [2.75, 3.05) is 0 Å². The summed E-state index contributed by atoms with van der Waals surface area (Å²) >= 11 is 0. The zero-order valence-corrected chi connectivity index (χ0v) is 10.9. The second-order valence-electron chi connectivity index (χ2n) is 5.10. The van der Waals surface area contributed by atoms with E-state index < -0.39 is 12.1 Å². The number of aromatic amines is 1. The van der Waals surface area contributed by atoms with E-state index in [1.54, 1.807) is 0 Å². The number of fused-ring (bicyclic) bond motifs is 1. The van der Waals surface area contributed by atoms with Crippen LogP contribution in [0.1, 0.15) is 35.9 Å². The van der Waals surface area contributed by atoms with E-state index >= 15 is 0 Å². The van der Waals surface area contributed by atoms with Crippen molar-refractivity contribution >= 4 is 17.0 Å². The van der Waals surface area contributed by atoms with Gasteiger partial charge in [0.25, 0.3) is 0 Å². The van der Waals surface area contributed by atoms with Gasteiger partial charge in [-0.15, -0.1) is 0 Å². The Morgan fingerprint density at radius 1 is 1.37 bits per heavy atom. The molecule has 100 valence electrons. The van der Waals surface area contributed by atoms with Crippen molar-refractivity contribution in [2.45, 2.75) is 38.9 Å². The monoisotopic (exact) mass is 260 g/mol. The van der Waals surface area contributed by atoms with Crippen LogP contribution in [0.15, 0.2) is 12.1 Å². The minimum atomic E-state index is -0.898. The van der Waals surface area contributed by atoms with Crippen molar-refractivity contribution < 1.29 is 14.6 Å². The number of carboxylic acid groups (broad SMARTS) is 1. The molecule has 2 N–H and O–H groups in total. The van der Waals surface area contributed by atoms with Gasteiger partial charge in [0.15, 0.2) is 6.10 Å². The summed E-state index contributed by atoms with van der Waals surface area (Å²) in [5.74, 6) is -0.172. The van der Waals surface area contributed by atoms with Crippen LogP contribution in [-0.4, -0.2) is 27.1 Å². The maximum Gasteiger partial charge on any atom is 0.332 e. The lowest BCUT2D eigenvalue weighted by Crippen LogP contribution is -2.18. The Morgan fingerprint density at radius 3 is 2.79 bits per heavy atom. The number of aliphatic carboxylic acids is 1. The molecular formula is C14H16N2O3. The molecule has 2 aromatic rings. The first-order valence-corrected chi connectivity index (χ1v) is 6.39. The van der Waals surface area contributed by atoms with E-state index in [1.807, 2.05) is 6.07 Å². The number of hydrogen-bond donors (Lipinski definition) is 2. The number of ether oxygens (including phenoxy) is 1. The molecule has 1 aliphatic rings. The first kappa shape index (κ1) is 12.2. The van der Waals surface area contributed by atoms with E-state index in [9.17, 15) is 4.79 Å². The normalized spacial score (nSPS) is 23.1. The number of carboxylic acids is 1. The summed E-state index contributed by atoms with van der Waals surface area (Å²) in [4.78, 5) is 18.6. The quantitative estimate of drug-likeness (QED) is 0.869. The lowest BCUT2D eigenvalue weighted by Gasteiger charge is -2.07. The maximum atomic E-state index is 10.9. The second-order valence-corrected chi connectivity index (χ2v) is 5.10. The molecule has 1 fully saturated rings.